The summed E-state index contributed by atoms with van der Waals surface area (Å²) >= 11 is 4.47. The van der Waals surface area contributed by atoms with Crippen molar-refractivity contribution in [2.75, 3.05) is 25.4 Å². The van der Waals surface area contributed by atoms with Gasteiger partial charge in [0.1, 0.15) is 0 Å². The minimum atomic E-state index is 0.758. The molecule has 1 saturated heterocycles. The molecule has 0 N–H and O–H groups in total. The molecular formula is C13H27NS. The Kier molecular flexibility index (Phi) is 5.48. The maximum Gasteiger partial charge on any atom is 0.00200 e. The van der Waals surface area contributed by atoms with Crippen molar-refractivity contribution >= 4 is 12.6 Å². The van der Waals surface area contributed by atoms with E-state index in [0.29, 0.717) is 0 Å². The SMILES string of the molecule is CC(C)C(CS)CN1CCC(C)C(C)C1. The van der Waals surface area contributed by atoms with Gasteiger partial charge in [0.15, 0.2) is 0 Å². The quantitative estimate of drug-likeness (QED) is 0.725. The normalized spacial score (nSPS) is 30.8. The van der Waals surface area contributed by atoms with Crippen LogP contribution in [-0.2, 0) is 0 Å². The fourth-order valence-electron chi connectivity index (χ4n) is 2.33. The zero-order valence-corrected chi connectivity index (χ0v) is 11.6. The van der Waals surface area contributed by atoms with Crippen molar-refractivity contribution in [2.45, 2.75) is 34.1 Å². The van der Waals surface area contributed by atoms with Crippen LogP contribution >= 0.6 is 12.6 Å². The van der Waals surface area contributed by atoms with Gasteiger partial charge in [0.05, 0.1) is 0 Å². The van der Waals surface area contributed by atoms with E-state index in [1.54, 1.807) is 0 Å². The van der Waals surface area contributed by atoms with Crippen molar-refractivity contribution in [1.82, 2.24) is 4.90 Å². The number of hydrogen-bond donors (Lipinski definition) is 1. The van der Waals surface area contributed by atoms with E-state index in [0.717, 1.165) is 29.4 Å². The largest absolute Gasteiger partial charge is 0.303 e. The van der Waals surface area contributed by atoms with Crippen molar-refractivity contribution in [3.63, 3.8) is 0 Å². The summed E-state index contributed by atoms with van der Waals surface area (Å²) < 4.78 is 0. The lowest BCUT2D eigenvalue weighted by Gasteiger charge is -2.37. The fourth-order valence-corrected chi connectivity index (χ4v) is 2.86. The maximum atomic E-state index is 4.47. The lowest BCUT2D eigenvalue weighted by atomic mass is 9.87. The Morgan fingerprint density at radius 2 is 1.93 bits per heavy atom. The van der Waals surface area contributed by atoms with Crippen molar-refractivity contribution < 1.29 is 0 Å². The Morgan fingerprint density at radius 1 is 1.27 bits per heavy atom. The number of piperidine rings is 1. The molecule has 0 aromatic carbocycles. The van der Waals surface area contributed by atoms with Crippen molar-refractivity contribution in [1.29, 1.82) is 0 Å². The van der Waals surface area contributed by atoms with Crippen LogP contribution in [0.4, 0.5) is 0 Å². The van der Waals surface area contributed by atoms with Crippen LogP contribution in [0.25, 0.3) is 0 Å². The first-order valence-electron chi connectivity index (χ1n) is 6.37. The molecule has 1 rings (SSSR count). The van der Waals surface area contributed by atoms with Crippen LogP contribution < -0.4 is 0 Å². The van der Waals surface area contributed by atoms with E-state index in [4.69, 9.17) is 0 Å². The predicted octanol–water partition coefficient (Wildman–Crippen LogP) is 3.17. The average molecular weight is 229 g/mol. The molecule has 0 aromatic rings. The Balaban J connectivity index is 2.38. The zero-order chi connectivity index (χ0) is 11.4. The summed E-state index contributed by atoms with van der Waals surface area (Å²) in [6, 6.07) is 0. The zero-order valence-electron chi connectivity index (χ0n) is 10.7. The standard InChI is InChI=1S/C13H27NS/c1-10(2)13(9-15)8-14-6-5-11(3)12(4)7-14/h10-13,15H,5-9H2,1-4H3. The lowest BCUT2D eigenvalue weighted by molar-refractivity contribution is 0.115. The third kappa shape index (κ3) is 3.99. The molecule has 2 heteroatoms. The summed E-state index contributed by atoms with van der Waals surface area (Å²) in [5, 5.41) is 0. The summed E-state index contributed by atoms with van der Waals surface area (Å²) in [5.41, 5.74) is 0. The molecule has 1 heterocycles. The van der Waals surface area contributed by atoms with Gasteiger partial charge in [-0.2, -0.15) is 12.6 Å². The minimum Gasteiger partial charge on any atom is -0.303 e. The highest BCUT2D eigenvalue weighted by Crippen LogP contribution is 2.24. The fraction of sp³-hybridized carbons (Fsp3) is 1.00. The Hall–Kier alpha value is 0.310. The number of likely N-dealkylation sites (tertiary alicyclic amines) is 1. The average Bonchev–Trinajstić information content (AvgIpc) is 2.19. The molecule has 3 unspecified atom stereocenters. The first kappa shape index (κ1) is 13.4. The van der Waals surface area contributed by atoms with Gasteiger partial charge < -0.3 is 4.90 Å². The summed E-state index contributed by atoms with van der Waals surface area (Å²) in [5.74, 6) is 4.32. The summed E-state index contributed by atoms with van der Waals surface area (Å²) in [7, 11) is 0. The number of thiol groups is 1. The van der Waals surface area contributed by atoms with Gasteiger partial charge >= 0.3 is 0 Å². The second-order valence-corrected chi connectivity index (χ2v) is 6.05. The highest BCUT2D eigenvalue weighted by atomic mass is 32.1. The molecule has 0 bridgehead atoms. The van der Waals surface area contributed by atoms with Gasteiger partial charge in [-0.1, -0.05) is 27.7 Å². The molecule has 0 saturated carbocycles. The molecule has 0 aromatic heterocycles. The van der Waals surface area contributed by atoms with Gasteiger partial charge in [-0.3, -0.25) is 0 Å². The Labute approximate surface area is 101 Å². The molecule has 15 heavy (non-hydrogen) atoms. The number of rotatable bonds is 4. The number of hydrogen-bond acceptors (Lipinski definition) is 2. The third-order valence-corrected chi connectivity index (χ3v) is 4.56. The first-order chi connectivity index (χ1) is 7.04. The first-order valence-corrected chi connectivity index (χ1v) is 7.01. The van der Waals surface area contributed by atoms with Crippen LogP contribution in [0, 0.1) is 23.7 Å². The molecule has 1 nitrogen and oxygen atoms in total. The second kappa shape index (κ2) is 6.15. The highest BCUT2D eigenvalue weighted by molar-refractivity contribution is 7.80. The Morgan fingerprint density at radius 3 is 2.40 bits per heavy atom. The second-order valence-electron chi connectivity index (χ2n) is 5.69. The van der Waals surface area contributed by atoms with Gasteiger partial charge in [0, 0.05) is 13.1 Å². The molecule has 90 valence electrons. The van der Waals surface area contributed by atoms with Gasteiger partial charge in [-0.05, 0) is 42.4 Å². The monoisotopic (exact) mass is 229 g/mol. The van der Waals surface area contributed by atoms with Crippen LogP contribution in [0.2, 0.25) is 0 Å². The number of nitrogens with zero attached hydrogens (tertiary/aromatic N) is 1. The van der Waals surface area contributed by atoms with Crippen molar-refractivity contribution in [2.24, 2.45) is 23.7 Å². The molecule has 1 aliphatic rings. The van der Waals surface area contributed by atoms with Crippen LogP contribution in [0.15, 0.2) is 0 Å². The molecule has 0 spiro atoms. The van der Waals surface area contributed by atoms with Gasteiger partial charge in [-0.25, -0.2) is 0 Å². The van der Waals surface area contributed by atoms with Gasteiger partial charge in [-0.15, -0.1) is 0 Å². The van der Waals surface area contributed by atoms with E-state index in [-0.39, 0.29) is 0 Å². The molecule has 0 amide bonds. The van der Waals surface area contributed by atoms with Crippen LogP contribution in [0.1, 0.15) is 34.1 Å². The van der Waals surface area contributed by atoms with Crippen molar-refractivity contribution in [3.05, 3.63) is 0 Å². The predicted molar refractivity (Wildman–Crippen MR) is 71.6 cm³/mol. The topological polar surface area (TPSA) is 3.24 Å². The van der Waals surface area contributed by atoms with Crippen molar-refractivity contribution in [3.8, 4) is 0 Å². The Bertz CT molecular complexity index is 181. The molecular weight excluding hydrogens is 202 g/mol. The third-order valence-electron chi connectivity index (χ3n) is 4.09. The van der Waals surface area contributed by atoms with E-state index < -0.39 is 0 Å². The summed E-state index contributed by atoms with van der Waals surface area (Å²) in [6.45, 7) is 13.2. The summed E-state index contributed by atoms with van der Waals surface area (Å²) in [6.07, 6.45) is 1.37. The van der Waals surface area contributed by atoms with E-state index in [9.17, 15) is 0 Å². The van der Waals surface area contributed by atoms with Gasteiger partial charge in [0.25, 0.3) is 0 Å². The van der Waals surface area contributed by atoms with E-state index >= 15 is 0 Å². The minimum absolute atomic E-state index is 0.758. The molecule has 0 radical (unpaired) electrons. The van der Waals surface area contributed by atoms with E-state index in [1.165, 1.54) is 26.1 Å². The van der Waals surface area contributed by atoms with Crippen LogP contribution in [-0.4, -0.2) is 30.3 Å². The smallest absolute Gasteiger partial charge is 0.00200 e. The molecule has 1 fully saturated rings. The highest BCUT2D eigenvalue weighted by Gasteiger charge is 2.24. The van der Waals surface area contributed by atoms with Gasteiger partial charge in [0.2, 0.25) is 0 Å². The van der Waals surface area contributed by atoms with E-state index in [2.05, 4.69) is 45.2 Å². The summed E-state index contributed by atoms with van der Waals surface area (Å²) in [4.78, 5) is 2.64. The molecule has 1 aliphatic heterocycles. The van der Waals surface area contributed by atoms with Crippen LogP contribution in [0.5, 0.6) is 0 Å². The van der Waals surface area contributed by atoms with Crippen LogP contribution in [0.3, 0.4) is 0 Å². The molecule has 0 aliphatic carbocycles. The maximum absolute atomic E-state index is 4.47. The lowest BCUT2D eigenvalue weighted by Crippen LogP contribution is -2.42. The van der Waals surface area contributed by atoms with E-state index in [1.807, 2.05) is 0 Å². The molecule has 3 atom stereocenters.